The maximum Gasteiger partial charge on any atom is 0.286 e. The lowest BCUT2D eigenvalue weighted by molar-refractivity contribution is -0.126. The quantitative estimate of drug-likeness (QED) is 0.412. The molecule has 0 saturated carbocycles. The topological polar surface area (TPSA) is 110 Å². The Morgan fingerprint density at radius 1 is 1.06 bits per heavy atom. The van der Waals surface area contributed by atoms with E-state index in [-0.39, 0.29) is 27.5 Å². The van der Waals surface area contributed by atoms with Crippen LogP contribution < -0.4 is 5.32 Å². The summed E-state index contributed by atoms with van der Waals surface area (Å²) >= 11 is 0. The highest BCUT2D eigenvalue weighted by Gasteiger charge is 2.53. The van der Waals surface area contributed by atoms with Gasteiger partial charge in [-0.2, -0.15) is 8.42 Å². The third-order valence-electron chi connectivity index (χ3n) is 6.85. The summed E-state index contributed by atoms with van der Waals surface area (Å²) in [5.41, 5.74) is -0.185. The molecule has 0 fully saturated rings. The van der Waals surface area contributed by atoms with Crippen LogP contribution in [0.3, 0.4) is 0 Å². The Bertz CT molecular complexity index is 1340. The van der Waals surface area contributed by atoms with Gasteiger partial charge in [-0.3, -0.25) is 14.4 Å². The molecule has 1 atom stereocenters. The largest absolute Gasteiger partial charge is 0.341 e. The maximum atomic E-state index is 14.3. The van der Waals surface area contributed by atoms with Crippen molar-refractivity contribution in [2.24, 2.45) is 10.3 Å². The Morgan fingerprint density at radius 2 is 1.74 bits per heavy atom. The number of amidine groups is 1. The number of nitrogens with one attached hydrogen (secondary N) is 1. The van der Waals surface area contributed by atoms with Gasteiger partial charge in [-0.15, -0.1) is 4.40 Å². The first-order valence-corrected chi connectivity index (χ1v) is 13.2. The second-order valence-electron chi connectivity index (χ2n) is 9.09. The van der Waals surface area contributed by atoms with E-state index >= 15 is 0 Å². The SMILES string of the molecule is CCCCC1(CCCC)C(=O)C(C2=NS(=O)(=O)c3cc(C=O)ccc3N2)C(=O)c2cc(F)ccc21. The summed E-state index contributed by atoms with van der Waals surface area (Å²) in [5.74, 6) is -3.51. The van der Waals surface area contributed by atoms with Gasteiger partial charge >= 0.3 is 0 Å². The molecule has 2 aromatic carbocycles. The number of hydrogen-bond acceptors (Lipinski definition) is 6. The van der Waals surface area contributed by atoms with E-state index in [0.717, 1.165) is 18.9 Å². The molecule has 0 radical (unpaired) electrons. The van der Waals surface area contributed by atoms with Crippen molar-refractivity contribution in [3.8, 4) is 0 Å². The Balaban J connectivity index is 1.90. The summed E-state index contributed by atoms with van der Waals surface area (Å²) in [7, 11) is -4.29. The minimum absolute atomic E-state index is 0.0887. The average Bonchev–Trinajstić information content (AvgIpc) is 2.83. The van der Waals surface area contributed by atoms with E-state index in [9.17, 15) is 27.2 Å². The number of Topliss-reactive ketones (excluding diaryl/α,β-unsaturated/α-hetero) is 2. The lowest BCUT2D eigenvalue weighted by Gasteiger charge is -2.41. The van der Waals surface area contributed by atoms with Gasteiger partial charge in [0.05, 0.1) is 11.1 Å². The van der Waals surface area contributed by atoms with E-state index in [1.165, 1.54) is 30.3 Å². The lowest BCUT2D eigenvalue weighted by Crippen LogP contribution is -2.52. The number of ketones is 2. The third kappa shape index (κ3) is 4.22. The molecule has 2 aromatic rings. The van der Waals surface area contributed by atoms with Gasteiger partial charge in [-0.1, -0.05) is 45.6 Å². The van der Waals surface area contributed by atoms with Gasteiger partial charge in [0.1, 0.15) is 28.8 Å². The van der Waals surface area contributed by atoms with Crippen molar-refractivity contribution >= 4 is 39.4 Å². The fraction of sp³-hybridized carbons (Fsp3) is 0.385. The van der Waals surface area contributed by atoms with Gasteiger partial charge in [-0.05, 0) is 48.7 Å². The Kier molecular flexibility index (Phi) is 6.73. The van der Waals surface area contributed by atoms with Gasteiger partial charge in [0.2, 0.25) is 0 Å². The van der Waals surface area contributed by atoms with Crippen LogP contribution in [0.2, 0.25) is 0 Å². The molecule has 7 nitrogen and oxygen atoms in total. The minimum Gasteiger partial charge on any atom is -0.341 e. The summed E-state index contributed by atoms with van der Waals surface area (Å²) in [6.07, 6.45) is 4.50. The zero-order valence-corrected chi connectivity index (χ0v) is 20.5. The van der Waals surface area contributed by atoms with Crippen LogP contribution in [-0.4, -0.2) is 32.1 Å². The summed E-state index contributed by atoms with van der Waals surface area (Å²) in [6.45, 7) is 4.00. The van der Waals surface area contributed by atoms with Crippen molar-refractivity contribution in [3.05, 3.63) is 58.9 Å². The number of hydrogen-bond donors (Lipinski definition) is 1. The molecule has 0 saturated heterocycles. The predicted octanol–water partition coefficient (Wildman–Crippen LogP) is 4.85. The fourth-order valence-corrected chi connectivity index (χ4v) is 6.25. The van der Waals surface area contributed by atoms with Crippen LogP contribution in [0, 0.1) is 11.7 Å². The van der Waals surface area contributed by atoms with E-state index < -0.39 is 38.7 Å². The first kappa shape index (κ1) is 24.9. The number of anilines is 1. The molecule has 1 heterocycles. The summed E-state index contributed by atoms with van der Waals surface area (Å²) in [4.78, 5) is 38.7. The first-order valence-electron chi connectivity index (χ1n) is 11.8. The number of unbranched alkanes of at least 4 members (excludes halogenated alkanes) is 2. The van der Waals surface area contributed by atoms with Crippen molar-refractivity contribution in [1.82, 2.24) is 0 Å². The standard InChI is InChI=1S/C26H27FN2O5S/c1-3-5-11-26(12-6-4-2)19-9-8-17(27)14-18(19)23(31)22(24(26)32)25-28-20-10-7-16(15-30)13-21(20)35(33,34)29-25/h7-10,13-15,22H,3-6,11-12H2,1-2H3,(H,28,29). The van der Waals surface area contributed by atoms with E-state index in [2.05, 4.69) is 9.71 Å². The molecule has 0 aromatic heterocycles. The highest BCUT2D eigenvalue weighted by molar-refractivity contribution is 7.90. The fourth-order valence-electron chi connectivity index (χ4n) is 5.06. The van der Waals surface area contributed by atoms with Crippen LogP contribution in [-0.2, 0) is 20.2 Å². The number of carbonyl (C=O) groups excluding carboxylic acids is 3. The van der Waals surface area contributed by atoms with E-state index in [4.69, 9.17) is 0 Å². The molecule has 184 valence electrons. The molecule has 4 rings (SSSR count). The molecular formula is C26H27FN2O5S. The zero-order chi connectivity index (χ0) is 25.4. The summed E-state index contributed by atoms with van der Waals surface area (Å²) in [6, 6.07) is 7.93. The number of aldehydes is 1. The highest BCUT2D eigenvalue weighted by Crippen LogP contribution is 2.46. The minimum atomic E-state index is -4.29. The molecule has 0 bridgehead atoms. The molecular weight excluding hydrogens is 471 g/mol. The molecule has 1 aliphatic carbocycles. The molecule has 1 N–H and O–H groups in total. The van der Waals surface area contributed by atoms with Crippen molar-refractivity contribution in [2.45, 2.75) is 62.7 Å². The Morgan fingerprint density at radius 3 is 2.37 bits per heavy atom. The predicted molar refractivity (Wildman–Crippen MR) is 130 cm³/mol. The number of fused-ring (bicyclic) bond motifs is 2. The second kappa shape index (κ2) is 9.45. The van der Waals surface area contributed by atoms with Crippen molar-refractivity contribution in [1.29, 1.82) is 0 Å². The monoisotopic (exact) mass is 498 g/mol. The van der Waals surface area contributed by atoms with Gasteiger partial charge in [0.25, 0.3) is 10.0 Å². The smallest absolute Gasteiger partial charge is 0.286 e. The Hall–Kier alpha value is -3.20. The van der Waals surface area contributed by atoms with Crippen LogP contribution >= 0.6 is 0 Å². The molecule has 0 amide bonds. The van der Waals surface area contributed by atoms with Crippen molar-refractivity contribution < 1.29 is 27.2 Å². The molecule has 9 heteroatoms. The highest BCUT2D eigenvalue weighted by atomic mass is 32.2. The first-order chi connectivity index (χ1) is 16.7. The molecule has 2 aliphatic rings. The van der Waals surface area contributed by atoms with Gasteiger partial charge in [0.15, 0.2) is 11.6 Å². The van der Waals surface area contributed by atoms with E-state index in [0.29, 0.717) is 37.5 Å². The van der Waals surface area contributed by atoms with Crippen LogP contribution in [0.4, 0.5) is 10.1 Å². The number of carbonyl (C=O) groups is 3. The second-order valence-corrected chi connectivity index (χ2v) is 10.7. The molecule has 1 unspecified atom stereocenters. The lowest BCUT2D eigenvalue weighted by atomic mass is 9.60. The number of halogens is 1. The van der Waals surface area contributed by atoms with Crippen LogP contribution in [0.15, 0.2) is 45.7 Å². The summed E-state index contributed by atoms with van der Waals surface area (Å²) < 4.78 is 44.1. The van der Waals surface area contributed by atoms with E-state index in [1.807, 2.05) is 13.8 Å². The van der Waals surface area contributed by atoms with Crippen LogP contribution in [0.5, 0.6) is 0 Å². The number of rotatable bonds is 8. The van der Waals surface area contributed by atoms with Crippen LogP contribution in [0.1, 0.15) is 78.7 Å². The van der Waals surface area contributed by atoms with Crippen molar-refractivity contribution in [3.63, 3.8) is 0 Å². The molecule has 0 spiro atoms. The van der Waals surface area contributed by atoms with Gasteiger partial charge in [0, 0.05) is 11.1 Å². The Labute approximate surface area is 203 Å². The third-order valence-corrected chi connectivity index (χ3v) is 8.18. The average molecular weight is 499 g/mol. The molecule has 35 heavy (non-hydrogen) atoms. The van der Waals surface area contributed by atoms with Gasteiger partial charge < -0.3 is 5.32 Å². The maximum absolute atomic E-state index is 14.3. The van der Waals surface area contributed by atoms with Crippen molar-refractivity contribution in [2.75, 3.05) is 5.32 Å². The summed E-state index contributed by atoms with van der Waals surface area (Å²) in [5, 5.41) is 2.85. The van der Waals surface area contributed by atoms with Crippen LogP contribution in [0.25, 0.3) is 0 Å². The number of sulfonamides is 1. The molecule has 1 aliphatic heterocycles. The normalized spacial score (nSPS) is 19.9. The number of benzene rings is 2. The van der Waals surface area contributed by atoms with Gasteiger partial charge in [-0.25, -0.2) is 4.39 Å². The zero-order valence-electron chi connectivity index (χ0n) is 19.6. The van der Waals surface area contributed by atoms with E-state index in [1.54, 1.807) is 0 Å². The number of nitrogens with zero attached hydrogens (tertiary/aromatic N) is 1.